The molecule has 1 aromatic carbocycles. The lowest BCUT2D eigenvalue weighted by Gasteiger charge is -2.31. The van der Waals surface area contributed by atoms with Crippen molar-refractivity contribution in [1.29, 1.82) is 0 Å². The molecule has 0 atom stereocenters. The summed E-state index contributed by atoms with van der Waals surface area (Å²) >= 11 is 0. The van der Waals surface area contributed by atoms with Gasteiger partial charge in [0.2, 0.25) is 0 Å². The van der Waals surface area contributed by atoms with Gasteiger partial charge in [-0.1, -0.05) is 13.8 Å². The maximum Gasteiger partial charge on any atom is 0.275 e. The second-order valence-electron chi connectivity index (χ2n) is 6.48. The number of nitrogens with one attached hydrogen (secondary N) is 1. The average molecular weight is 336 g/mol. The zero-order valence-electron chi connectivity index (χ0n) is 15.2. The number of nitro groups is 1. The SMILES string of the molecule is CCC(CC)(CCO)CNC(=O)c1c(C)cc(C)c([N+](=O)[O-])c1C. The fourth-order valence-electron chi connectivity index (χ4n) is 3.34. The van der Waals surface area contributed by atoms with Crippen molar-refractivity contribution in [3.8, 4) is 0 Å². The Kier molecular flexibility index (Phi) is 6.90. The molecule has 0 bridgehead atoms. The van der Waals surface area contributed by atoms with E-state index < -0.39 is 4.92 Å². The highest BCUT2D eigenvalue weighted by atomic mass is 16.6. The van der Waals surface area contributed by atoms with Crippen LogP contribution in [0.5, 0.6) is 0 Å². The van der Waals surface area contributed by atoms with Crippen LogP contribution in [0, 0.1) is 36.3 Å². The van der Waals surface area contributed by atoms with Gasteiger partial charge in [0.05, 0.1) is 10.5 Å². The molecule has 0 unspecified atom stereocenters. The van der Waals surface area contributed by atoms with Crippen molar-refractivity contribution in [2.75, 3.05) is 13.2 Å². The predicted molar refractivity (Wildman–Crippen MR) is 94.4 cm³/mol. The number of aryl methyl sites for hydroxylation is 2. The Labute approximate surface area is 143 Å². The van der Waals surface area contributed by atoms with Crippen molar-refractivity contribution < 1.29 is 14.8 Å². The molecular formula is C18H28N2O4. The van der Waals surface area contributed by atoms with Gasteiger partial charge in [-0.15, -0.1) is 0 Å². The Morgan fingerprint density at radius 3 is 2.29 bits per heavy atom. The van der Waals surface area contributed by atoms with Crippen LogP contribution in [0.25, 0.3) is 0 Å². The number of carbonyl (C=O) groups is 1. The van der Waals surface area contributed by atoms with E-state index in [0.29, 0.717) is 29.7 Å². The molecule has 6 heteroatoms. The summed E-state index contributed by atoms with van der Waals surface area (Å²) in [5.41, 5.74) is 1.91. The maximum atomic E-state index is 12.7. The van der Waals surface area contributed by atoms with Crippen molar-refractivity contribution in [2.45, 2.75) is 53.9 Å². The number of nitro benzene ring substituents is 1. The molecule has 134 valence electrons. The summed E-state index contributed by atoms with van der Waals surface area (Å²) in [7, 11) is 0. The minimum Gasteiger partial charge on any atom is -0.396 e. The Hall–Kier alpha value is -1.95. The first kappa shape index (κ1) is 20.1. The number of benzene rings is 1. The first-order valence-electron chi connectivity index (χ1n) is 8.37. The highest BCUT2D eigenvalue weighted by Gasteiger charge is 2.28. The maximum absolute atomic E-state index is 12.7. The van der Waals surface area contributed by atoms with Gasteiger partial charge in [-0.2, -0.15) is 0 Å². The molecule has 0 heterocycles. The summed E-state index contributed by atoms with van der Waals surface area (Å²) in [6, 6.07) is 1.68. The third kappa shape index (κ3) is 4.12. The number of aliphatic hydroxyl groups excluding tert-OH is 1. The van der Waals surface area contributed by atoms with Crippen molar-refractivity contribution in [3.63, 3.8) is 0 Å². The molecule has 0 fully saturated rings. The van der Waals surface area contributed by atoms with Crippen molar-refractivity contribution >= 4 is 11.6 Å². The van der Waals surface area contributed by atoms with Gasteiger partial charge in [0.1, 0.15) is 0 Å². The molecule has 0 saturated heterocycles. The Balaban J connectivity index is 3.12. The van der Waals surface area contributed by atoms with Gasteiger partial charge in [0.15, 0.2) is 0 Å². The van der Waals surface area contributed by atoms with E-state index in [4.69, 9.17) is 0 Å². The minimum absolute atomic E-state index is 0.00152. The molecule has 1 rings (SSSR count). The largest absolute Gasteiger partial charge is 0.396 e. The van der Waals surface area contributed by atoms with E-state index in [1.165, 1.54) is 0 Å². The third-order valence-electron chi connectivity index (χ3n) is 5.11. The van der Waals surface area contributed by atoms with E-state index in [2.05, 4.69) is 5.32 Å². The Morgan fingerprint density at radius 2 is 1.83 bits per heavy atom. The summed E-state index contributed by atoms with van der Waals surface area (Å²) in [5, 5.41) is 23.5. The molecule has 6 nitrogen and oxygen atoms in total. The second-order valence-corrected chi connectivity index (χ2v) is 6.48. The van der Waals surface area contributed by atoms with Crippen LogP contribution in [0.4, 0.5) is 5.69 Å². The van der Waals surface area contributed by atoms with E-state index >= 15 is 0 Å². The van der Waals surface area contributed by atoms with E-state index in [-0.39, 0.29) is 23.6 Å². The number of hydrogen-bond donors (Lipinski definition) is 2. The van der Waals surface area contributed by atoms with Crippen LogP contribution in [-0.2, 0) is 0 Å². The highest BCUT2D eigenvalue weighted by molar-refractivity contribution is 5.98. The van der Waals surface area contributed by atoms with Crippen LogP contribution in [-0.4, -0.2) is 29.1 Å². The van der Waals surface area contributed by atoms with Crippen LogP contribution in [0.3, 0.4) is 0 Å². The predicted octanol–water partition coefficient (Wildman–Crippen LogP) is 3.44. The van der Waals surface area contributed by atoms with Gasteiger partial charge in [-0.05, 0) is 57.1 Å². The zero-order chi connectivity index (χ0) is 18.5. The first-order valence-corrected chi connectivity index (χ1v) is 8.37. The van der Waals surface area contributed by atoms with Crippen LogP contribution in [0.15, 0.2) is 6.07 Å². The molecule has 1 aromatic rings. The van der Waals surface area contributed by atoms with Crippen molar-refractivity contribution in [2.24, 2.45) is 5.41 Å². The lowest BCUT2D eigenvalue weighted by atomic mass is 9.79. The molecule has 24 heavy (non-hydrogen) atoms. The standard InChI is InChI=1S/C18H28N2O4/c1-6-18(7-2,8-9-21)11-19-17(22)15-12(3)10-13(4)16(14(15)5)20(23)24/h10,21H,6-9,11H2,1-5H3,(H,19,22). The van der Waals surface area contributed by atoms with E-state index in [1.54, 1.807) is 26.8 Å². The molecule has 0 saturated carbocycles. The molecular weight excluding hydrogens is 308 g/mol. The minimum atomic E-state index is -0.435. The van der Waals surface area contributed by atoms with Crippen LogP contribution in [0.1, 0.15) is 60.2 Å². The Morgan fingerprint density at radius 1 is 1.25 bits per heavy atom. The normalized spacial score (nSPS) is 11.4. The lowest BCUT2D eigenvalue weighted by Crippen LogP contribution is -2.38. The molecule has 1 amide bonds. The number of rotatable bonds is 8. The van der Waals surface area contributed by atoms with Gasteiger partial charge in [0.25, 0.3) is 11.6 Å². The van der Waals surface area contributed by atoms with E-state index in [0.717, 1.165) is 18.4 Å². The van der Waals surface area contributed by atoms with E-state index in [9.17, 15) is 20.0 Å². The number of carbonyl (C=O) groups excluding carboxylic acids is 1. The number of aliphatic hydroxyl groups is 1. The topological polar surface area (TPSA) is 92.5 Å². The monoisotopic (exact) mass is 336 g/mol. The van der Waals surface area contributed by atoms with Crippen molar-refractivity contribution in [1.82, 2.24) is 5.32 Å². The van der Waals surface area contributed by atoms with E-state index in [1.807, 2.05) is 13.8 Å². The summed E-state index contributed by atoms with van der Waals surface area (Å²) in [5.74, 6) is -0.294. The summed E-state index contributed by atoms with van der Waals surface area (Å²) in [6.45, 7) is 9.69. The van der Waals surface area contributed by atoms with Gasteiger partial charge < -0.3 is 10.4 Å². The summed E-state index contributed by atoms with van der Waals surface area (Å²) in [4.78, 5) is 23.5. The quantitative estimate of drug-likeness (QED) is 0.562. The zero-order valence-corrected chi connectivity index (χ0v) is 15.2. The van der Waals surface area contributed by atoms with Crippen LogP contribution in [0.2, 0.25) is 0 Å². The fourth-order valence-corrected chi connectivity index (χ4v) is 3.34. The molecule has 0 aliphatic rings. The van der Waals surface area contributed by atoms with Crippen molar-refractivity contribution in [3.05, 3.63) is 38.4 Å². The summed E-state index contributed by atoms with van der Waals surface area (Å²) < 4.78 is 0. The molecule has 0 radical (unpaired) electrons. The molecule has 0 aromatic heterocycles. The van der Waals surface area contributed by atoms with Crippen LogP contribution < -0.4 is 5.32 Å². The number of nitrogens with zero attached hydrogens (tertiary/aromatic N) is 1. The smallest absolute Gasteiger partial charge is 0.275 e. The Bertz CT molecular complexity index is 622. The first-order chi connectivity index (χ1) is 11.2. The fraction of sp³-hybridized carbons (Fsp3) is 0.611. The third-order valence-corrected chi connectivity index (χ3v) is 5.11. The number of hydrogen-bond acceptors (Lipinski definition) is 4. The number of amides is 1. The second kappa shape index (κ2) is 8.24. The van der Waals surface area contributed by atoms with Crippen LogP contribution >= 0.6 is 0 Å². The van der Waals surface area contributed by atoms with Gasteiger partial charge in [-0.3, -0.25) is 14.9 Å². The summed E-state index contributed by atoms with van der Waals surface area (Å²) in [6.07, 6.45) is 2.30. The molecule has 0 spiro atoms. The molecule has 2 N–H and O–H groups in total. The molecule has 0 aliphatic heterocycles. The van der Waals surface area contributed by atoms with Gasteiger partial charge in [-0.25, -0.2) is 0 Å². The highest BCUT2D eigenvalue weighted by Crippen LogP contribution is 2.31. The molecule has 0 aliphatic carbocycles. The average Bonchev–Trinajstić information content (AvgIpc) is 2.50. The van der Waals surface area contributed by atoms with Gasteiger partial charge >= 0.3 is 0 Å². The van der Waals surface area contributed by atoms with Gasteiger partial charge in [0, 0.05) is 24.3 Å². The lowest BCUT2D eigenvalue weighted by molar-refractivity contribution is -0.386.